The molecule has 1 unspecified atom stereocenters. The first-order valence-corrected chi connectivity index (χ1v) is 10.6. The van der Waals surface area contributed by atoms with Crippen molar-refractivity contribution < 1.29 is 31.5 Å². The summed E-state index contributed by atoms with van der Waals surface area (Å²) in [6, 6.07) is 12.8. The molecule has 2 atom stereocenters. The molecule has 1 amide bonds. The Bertz CT molecular complexity index is 1350. The Morgan fingerprint density at radius 3 is 2.40 bits per heavy atom. The Morgan fingerprint density at radius 1 is 1.03 bits per heavy atom. The summed E-state index contributed by atoms with van der Waals surface area (Å²) in [5.74, 6) is -3.03. The van der Waals surface area contributed by atoms with Crippen molar-refractivity contribution in [3.8, 4) is 11.4 Å². The summed E-state index contributed by atoms with van der Waals surface area (Å²) in [7, 11) is 0. The van der Waals surface area contributed by atoms with E-state index in [0.717, 1.165) is 12.1 Å². The Labute approximate surface area is 201 Å². The second-order valence-electron chi connectivity index (χ2n) is 7.75. The van der Waals surface area contributed by atoms with Gasteiger partial charge in [0.2, 0.25) is 0 Å². The van der Waals surface area contributed by atoms with E-state index in [2.05, 4.69) is 5.10 Å². The number of halogens is 6. The molecule has 5 nitrogen and oxygen atoms in total. The molecule has 11 heteroatoms. The van der Waals surface area contributed by atoms with Crippen LogP contribution in [0.3, 0.4) is 0 Å². The SMILES string of the molecule is C[C@H](NC(=O)C(F)(F)F)C(Oc1ccc2c(cnn2-c2ccc(F)cc2)c1)c1cc(F)cc(Cl)c1. The first kappa shape index (κ1) is 24.5. The fourth-order valence-electron chi connectivity index (χ4n) is 3.58. The number of ether oxygens (including phenoxy) is 1. The summed E-state index contributed by atoms with van der Waals surface area (Å²) in [4.78, 5) is 11.5. The van der Waals surface area contributed by atoms with Gasteiger partial charge in [0.05, 0.1) is 23.4 Å². The second-order valence-corrected chi connectivity index (χ2v) is 8.19. The third kappa shape index (κ3) is 5.54. The number of hydrogen-bond acceptors (Lipinski definition) is 3. The van der Waals surface area contributed by atoms with Crippen molar-refractivity contribution in [1.82, 2.24) is 15.1 Å². The second kappa shape index (κ2) is 9.53. The molecule has 1 N–H and O–H groups in total. The van der Waals surface area contributed by atoms with Gasteiger partial charge in [-0.1, -0.05) is 11.6 Å². The lowest BCUT2D eigenvalue weighted by molar-refractivity contribution is -0.174. The molecule has 1 heterocycles. The highest BCUT2D eigenvalue weighted by Crippen LogP contribution is 2.31. The quantitative estimate of drug-likeness (QED) is 0.317. The number of carbonyl (C=O) groups excluding carboxylic acids is 1. The van der Waals surface area contributed by atoms with Crippen LogP contribution in [0.1, 0.15) is 18.6 Å². The average Bonchev–Trinajstić information content (AvgIpc) is 3.19. The summed E-state index contributed by atoms with van der Waals surface area (Å²) in [5.41, 5.74) is 1.41. The predicted octanol–water partition coefficient (Wildman–Crippen LogP) is 6.14. The minimum absolute atomic E-state index is 0.0129. The van der Waals surface area contributed by atoms with Crippen LogP contribution in [0.5, 0.6) is 5.75 Å². The van der Waals surface area contributed by atoms with E-state index in [-0.39, 0.29) is 16.3 Å². The largest absolute Gasteiger partial charge is 0.484 e. The van der Waals surface area contributed by atoms with E-state index in [4.69, 9.17) is 16.3 Å². The summed E-state index contributed by atoms with van der Waals surface area (Å²) in [5, 5.41) is 6.76. The molecule has 3 aromatic carbocycles. The van der Waals surface area contributed by atoms with Gasteiger partial charge in [-0.15, -0.1) is 0 Å². The lowest BCUT2D eigenvalue weighted by Gasteiger charge is -2.27. The number of nitrogens with zero attached hydrogens (tertiary/aromatic N) is 2. The first-order chi connectivity index (χ1) is 16.5. The van der Waals surface area contributed by atoms with Crippen LogP contribution in [-0.4, -0.2) is 27.9 Å². The first-order valence-electron chi connectivity index (χ1n) is 10.3. The van der Waals surface area contributed by atoms with Crippen molar-refractivity contribution in [2.24, 2.45) is 0 Å². The van der Waals surface area contributed by atoms with Gasteiger partial charge in [-0.05, 0) is 73.2 Å². The summed E-state index contributed by atoms with van der Waals surface area (Å²) < 4.78 is 73.2. The topological polar surface area (TPSA) is 56.1 Å². The van der Waals surface area contributed by atoms with E-state index in [9.17, 15) is 26.7 Å². The molecule has 0 fully saturated rings. The monoisotopic (exact) mass is 509 g/mol. The van der Waals surface area contributed by atoms with Crippen LogP contribution in [-0.2, 0) is 4.79 Å². The lowest BCUT2D eigenvalue weighted by atomic mass is 10.0. The van der Waals surface area contributed by atoms with Gasteiger partial charge in [-0.25, -0.2) is 13.5 Å². The van der Waals surface area contributed by atoms with Gasteiger partial charge in [-0.3, -0.25) is 4.79 Å². The maximum Gasteiger partial charge on any atom is 0.471 e. The van der Waals surface area contributed by atoms with Gasteiger partial charge >= 0.3 is 12.1 Å². The van der Waals surface area contributed by atoms with E-state index in [0.29, 0.717) is 16.6 Å². The molecule has 4 rings (SSSR count). The summed E-state index contributed by atoms with van der Waals surface area (Å²) in [6.07, 6.45) is -4.78. The van der Waals surface area contributed by atoms with Crippen molar-refractivity contribution in [3.63, 3.8) is 0 Å². The number of amides is 1. The third-order valence-corrected chi connectivity index (χ3v) is 5.38. The Hall–Kier alpha value is -3.66. The maximum absolute atomic E-state index is 14.0. The highest BCUT2D eigenvalue weighted by molar-refractivity contribution is 6.30. The van der Waals surface area contributed by atoms with Crippen LogP contribution < -0.4 is 10.1 Å². The van der Waals surface area contributed by atoms with E-state index >= 15 is 0 Å². The van der Waals surface area contributed by atoms with Crippen molar-refractivity contribution in [3.05, 3.63) is 89.1 Å². The normalized spacial score (nSPS) is 13.5. The molecule has 0 saturated heterocycles. The number of benzene rings is 3. The maximum atomic E-state index is 14.0. The molecule has 0 spiro atoms. The molecular weight excluding hydrogens is 493 g/mol. The average molecular weight is 510 g/mol. The predicted molar refractivity (Wildman–Crippen MR) is 119 cm³/mol. The molecule has 0 radical (unpaired) electrons. The van der Waals surface area contributed by atoms with Crippen molar-refractivity contribution in [1.29, 1.82) is 0 Å². The van der Waals surface area contributed by atoms with Crippen LogP contribution in [0.15, 0.2) is 66.9 Å². The zero-order chi connectivity index (χ0) is 25.3. The van der Waals surface area contributed by atoms with Gasteiger partial charge in [-0.2, -0.15) is 18.3 Å². The zero-order valence-corrected chi connectivity index (χ0v) is 18.7. The van der Waals surface area contributed by atoms with E-state index in [1.165, 1.54) is 31.3 Å². The van der Waals surface area contributed by atoms with Crippen molar-refractivity contribution in [2.75, 3.05) is 0 Å². The molecule has 35 heavy (non-hydrogen) atoms. The number of nitrogens with one attached hydrogen (secondary N) is 1. The van der Waals surface area contributed by atoms with E-state index < -0.39 is 35.9 Å². The number of carbonyl (C=O) groups is 1. The molecular formula is C24H17ClF5N3O2. The Balaban J connectivity index is 1.67. The van der Waals surface area contributed by atoms with Gasteiger partial charge < -0.3 is 10.1 Å². The molecule has 1 aromatic heterocycles. The molecule has 0 saturated carbocycles. The fraction of sp³-hybridized carbons (Fsp3) is 0.167. The number of fused-ring (bicyclic) bond motifs is 1. The molecule has 0 aliphatic carbocycles. The van der Waals surface area contributed by atoms with Crippen LogP contribution in [0, 0.1) is 11.6 Å². The van der Waals surface area contributed by atoms with E-state index in [1.807, 2.05) is 5.32 Å². The van der Waals surface area contributed by atoms with Crippen LogP contribution in [0.25, 0.3) is 16.6 Å². The fourth-order valence-corrected chi connectivity index (χ4v) is 3.81. The van der Waals surface area contributed by atoms with Crippen LogP contribution in [0.2, 0.25) is 5.02 Å². The summed E-state index contributed by atoms with van der Waals surface area (Å²) >= 11 is 5.93. The number of hydrogen-bond donors (Lipinski definition) is 1. The molecule has 0 aliphatic rings. The molecule has 182 valence electrons. The van der Waals surface area contributed by atoms with Gasteiger partial charge in [0, 0.05) is 10.4 Å². The Kier molecular flexibility index (Phi) is 6.66. The summed E-state index contributed by atoms with van der Waals surface area (Å²) in [6.45, 7) is 1.30. The number of alkyl halides is 3. The third-order valence-electron chi connectivity index (χ3n) is 5.16. The molecule has 0 aliphatic heterocycles. The van der Waals surface area contributed by atoms with Crippen molar-refractivity contribution >= 4 is 28.4 Å². The highest BCUT2D eigenvalue weighted by Gasteiger charge is 2.40. The van der Waals surface area contributed by atoms with Crippen LogP contribution >= 0.6 is 11.6 Å². The van der Waals surface area contributed by atoms with Gasteiger partial charge in [0.1, 0.15) is 23.5 Å². The number of rotatable bonds is 6. The minimum atomic E-state index is -5.10. The number of aromatic nitrogens is 2. The van der Waals surface area contributed by atoms with Gasteiger partial charge in [0.15, 0.2) is 0 Å². The standard InChI is InChI=1S/C24H17ClF5N3O2/c1-13(32-23(34)24(28,29)30)22(14-8-16(25)11-18(27)9-14)35-20-6-7-21-15(10-20)12-31-33(21)19-4-2-17(26)3-5-19/h2-13,22H,1H3,(H,32,34)/t13-,22?/m0/s1. The minimum Gasteiger partial charge on any atom is -0.484 e. The zero-order valence-electron chi connectivity index (χ0n) is 18.0. The molecule has 0 bridgehead atoms. The lowest BCUT2D eigenvalue weighted by Crippen LogP contribution is -2.45. The van der Waals surface area contributed by atoms with Gasteiger partial charge in [0.25, 0.3) is 0 Å². The van der Waals surface area contributed by atoms with Crippen LogP contribution in [0.4, 0.5) is 22.0 Å². The smallest absolute Gasteiger partial charge is 0.471 e. The highest BCUT2D eigenvalue weighted by atomic mass is 35.5. The molecule has 4 aromatic rings. The van der Waals surface area contributed by atoms with E-state index in [1.54, 1.807) is 35.0 Å². The Morgan fingerprint density at radius 2 is 1.74 bits per heavy atom. The van der Waals surface area contributed by atoms with Crippen molar-refractivity contribution in [2.45, 2.75) is 25.2 Å².